The third kappa shape index (κ3) is 8.17. The Hall–Kier alpha value is -3.16. The Morgan fingerprint density at radius 3 is 2.33 bits per heavy atom. The molecule has 0 heterocycles. The van der Waals surface area contributed by atoms with Crippen LogP contribution in [0.1, 0.15) is 12.8 Å². The zero-order chi connectivity index (χ0) is 19.5. The Morgan fingerprint density at radius 2 is 1.67 bits per heavy atom. The lowest BCUT2D eigenvalue weighted by molar-refractivity contribution is -0.147. The fourth-order valence-electron chi connectivity index (χ4n) is 2.06. The van der Waals surface area contributed by atoms with Gasteiger partial charge in [-0.25, -0.2) is 0 Å². The number of ether oxygens (including phenoxy) is 3. The topological polar surface area (TPSA) is 73.9 Å². The zero-order valence-electron chi connectivity index (χ0n) is 14.4. The van der Waals surface area contributed by atoms with Gasteiger partial charge in [-0.2, -0.15) is 8.78 Å². The van der Waals surface area contributed by atoms with Gasteiger partial charge >= 0.3 is 12.6 Å². The highest BCUT2D eigenvalue weighted by atomic mass is 19.3. The van der Waals surface area contributed by atoms with Gasteiger partial charge < -0.3 is 19.5 Å². The molecular weight excluding hydrogens is 360 g/mol. The average molecular weight is 379 g/mol. The molecule has 6 nitrogen and oxygen atoms in total. The number of anilines is 1. The van der Waals surface area contributed by atoms with Crippen LogP contribution in [-0.2, 0) is 14.3 Å². The number of para-hydroxylation sites is 1. The maximum Gasteiger partial charge on any atom is 0.387 e. The molecule has 1 N–H and O–H groups in total. The molecule has 1 amide bonds. The van der Waals surface area contributed by atoms with Crippen molar-refractivity contribution in [3.63, 3.8) is 0 Å². The molecule has 0 aliphatic carbocycles. The van der Waals surface area contributed by atoms with Crippen molar-refractivity contribution in [1.82, 2.24) is 0 Å². The number of hydrogen-bond acceptors (Lipinski definition) is 5. The van der Waals surface area contributed by atoms with Gasteiger partial charge in [0.05, 0.1) is 6.61 Å². The molecule has 0 aromatic heterocycles. The van der Waals surface area contributed by atoms with Gasteiger partial charge in [0.25, 0.3) is 5.91 Å². The molecule has 0 spiro atoms. The number of rotatable bonds is 10. The summed E-state index contributed by atoms with van der Waals surface area (Å²) in [6.07, 6.45) is 0.584. The van der Waals surface area contributed by atoms with E-state index < -0.39 is 25.1 Å². The van der Waals surface area contributed by atoms with E-state index in [4.69, 9.17) is 9.47 Å². The summed E-state index contributed by atoms with van der Waals surface area (Å²) in [6.45, 7) is -2.99. The molecule has 0 unspecified atom stereocenters. The summed E-state index contributed by atoms with van der Waals surface area (Å²) in [4.78, 5) is 23.3. The smallest absolute Gasteiger partial charge is 0.387 e. The minimum absolute atomic E-state index is 0.0212. The third-order valence-electron chi connectivity index (χ3n) is 3.26. The van der Waals surface area contributed by atoms with E-state index in [-0.39, 0.29) is 12.2 Å². The van der Waals surface area contributed by atoms with Crippen molar-refractivity contribution in [3.05, 3.63) is 54.6 Å². The van der Waals surface area contributed by atoms with E-state index in [1.807, 2.05) is 30.3 Å². The standard InChI is InChI=1S/C19H19F2NO5/c20-19(21)27-16-10-8-14(9-11-16)22-17(23)13-26-18(24)7-4-12-25-15-5-2-1-3-6-15/h1-3,5-6,8-11,19H,4,7,12-13H2,(H,22,23). The lowest BCUT2D eigenvalue weighted by Crippen LogP contribution is -2.21. The first-order valence-corrected chi connectivity index (χ1v) is 8.21. The molecule has 0 saturated carbocycles. The number of hydrogen-bond donors (Lipinski definition) is 1. The van der Waals surface area contributed by atoms with Crippen LogP contribution in [0.15, 0.2) is 54.6 Å². The van der Waals surface area contributed by atoms with Gasteiger partial charge in [0.1, 0.15) is 11.5 Å². The number of esters is 1. The summed E-state index contributed by atoms with van der Waals surface area (Å²) in [7, 11) is 0. The lowest BCUT2D eigenvalue weighted by atomic mass is 10.3. The van der Waals surface area contributed by atoms with Crippen LogP contribution in [0.2, 0.25) is 0 Å². The van der Waals surface area contributed by atoms with E-state index in [2.05, 4.69) is 10.1 Å². The Bertz CT molecular complexity index is 723. The molecule has 0 fully saturated rings. The minimum atomic E-state index is -2.91. The molecule has 2 aromatic carbocycles. The first-order chi connectivity index (χ1) is 13.0. The van der Waals surface area contributed by atoms with Gasteiger partial charge in [0, 0.05) is 12.1 Å². The SMILES string of the molecule is O=C(COC(=O)CCCOc1ccccc1)Nc1ccc(OC(F)F)cc1. The first kappa shape index (κ1) is 20.2. The Balaban J connectivity index is 1.61. The number of halogens is 2. The van der Waals surface area contributed by atoms with Crippen LogP contribution in [0.25, 0.3) is 0 Å². The summed E-state index contributed by atoms with van der Waals surface area (Å²) in [5.74, 6) is -0.351. The maximum absolute atomic E-state index is 12.1. The predicted octanol–water partition coefficient (Wildman–Crippen LogP) is 3.63. The van der Waals surface area contributed by atoms with E-state index in [9.17, 15) is 18.4 Å². The number of carbonyl (C=O) groups excluding carboxylic acids is 2. The van der Waals surface area contributed by atoms with E-state index in [1.54, 1.807) is 0 Å². The summed E-state index contributed by atoms with van der Waals surface area (Å²) in [6, 6.07) is 14.6. The van der Waals surface area contributed by atoms with Crippen molar-refractivity contribution >= 4 is 17.6 Å². The Labute approximate surface area is 155 Å². The zero-order valence-corrected chi connectivity index (χ0v) is 14.4. The number of alkyl halides is 2. The summed E-state index contributed by atoms with van der Waals surface area (Å²) < 4.78 is 38.6. The molecule has 27 heavy (non-hydrogen) atoms. The molecular formula is C19H19F2NO5. The monoisotopic (exact) mass is 379 g/mol. The van der Waals surface area contributed by atoms with Crippen molar-refractivity contribution < 1.29 is 32.6 Å². The van der Waals surface area contributed by atoms with E-state index in [0.717, 1.165) is 5.75 Å². The Kier molecular flexibility index (Phi) is 8.02. The normalized spacial score (nSPS) is 10.3. The molecule has 8 heteroatoms. The molecule has 144 valence electrons. The van der Waals surface area contributed by atoms with Gasteiger partial charge in [0.2, 0.25) is 0 Å². The predicted molar refractivity (Wildman–Crippen MR) is 93.8 cm³/mol. The molecule has 0 atom stereocenters. The average Bonchev–Trinajstić information content (AvgIpc) is 2.65. The lowest BCUT2D eigenvalue weighted by Gasteiger charge is -2.08. The van der Waals surface area contributed by atoms with Crippen molar-refractivity contribution in [1.29, 1.82) is 0 Å². The summed E-state index contributed by atoms with van der Waals surface area (Å²) >= 11 is 0. The highest BCUT2D eigenvalue weighted by molar-refractivity contribution is 5.92. The van der Waals surface area contributed by atoms with Crippen LogP contribution in [0.5, 0.6) is 11.5 Å². The van der Waals surface area contributed by atoms with Crippen molar-refractivity contribution in [3.8, 4) is 11.5 Å². The maximum atomic E-state index is 12.1. The van der Waals surface area contributed by atoms with E-state index in [0.29, 0.717) is 18.7 Å². The third-order valence-corrected chi connectivity index (χ3v) is 3.26. The van der Waals surface area contributed by atoms with Gasteiger partial charge in [0.15, 0.2) is 6.61 Å². The van der Waals surface area contributed by atoms with Crippen LogP contribution < -0.4 is 14.8 Å². The van der Waals surface area contributed by atoms with Crippen molar-refractivity contribution in [2.24, 2.45) is 0 Å². The molecule has 0 aliphatic rings. The molecule has 0 saturated heterocycles. The molecule has 2 rings (SSSR count). The van der Waals surface area contributed by atoms with Crippen LogP contribution >= 0.6 is 0 Å². The second kappa shape index (κ2) is 10.7. The number of carbonyl (C=O) groups is 2. The molecule has 0 radical (unpaired) electrons. The molecule has 0 bridgehead atoms. The summed E-state index contributed by atoms with van der Waals surface area (Å²) in [5.41, 5.74) is 0.369. The van der Waals surface area contributed by atoms with E-state index >= 15 is 0 Å². The molecule has 0 aliphatic heterocycles. The van der Waals surface area contributed by atoms with Gasteiger partial charge in [-0.05, 0) is 42.8 Å². The highest BCUT2D eigenvalue weighted by Crippen LogP contribution is 2.17. The number of amides is 1. The van der Waals surface area contributed by atoms with Crippen molar-refractivity contribution in [2.45, 2.75) is 19.5 Å². The highest BCUT2D eigenvalue weighted by Gasteiger charge is 2.09. The quantitative estimate of drug-likeness (QED) is 0.504. The van der Waals surface area contributed by atoms with Crippen LogP contribution in [0.4, 0.5) is 14.5 Å². The largest absolute Gasteiger partial charge is 0.494 e. The fraction of sp³-hybridized carbons (Fsp3) is 0.263. The van der Waals surface area contributed by atoms with Gasteiger partial charge in [-0.3, -0.25) is 9.59 Å². The van der Waals surface area contributed by atoms with Gasteiger partial charge in [-0.1, -0.05) is 18.2 Å². The van der Waals surface area contributed by atoms with E-state index in [1.165, 1.54) is 24.3 Å². The second-order valence-corrected chi connectivity index (χ2v) is 5.38. The number of nitrogens with one attached hydrogen (secondary N) is 1. The fourth-order valence-corrected chi connectivity index (χ4v) is 2.06. The minimum Gasteiger partial charge on any atom is -0.494 e. The second-order valence-electron chi connectivity index (χ2n) is 5.38. The molecule has 2 aromatic rings. The summed E-state index contributed by atoms with van der Waals surface area (Å²) in [5, 5.41) is 2.48. The number of benzene rings is 2. The van der Waals surface area contributed by atoms with Crippen LogP contribution in [0, 0.1) is 0 Å². The van der Waals surface area contributed by atoms with Gasteiger partial charge in [-0.15, -0.1) is 0 Å². The Morgan fingerprint density at radius 1 is 0.963 bits per heavy atom. The van der Waals surface area contributed by atoms with Crippen LogP contribution in [0.3, 0.4) is 0 Å². The van der Waals surface area contributed by atoms with Crippen molar-refractivity contribution in [2.75, 3.05) is 18.5 Å². The van der Waals surface area contributed by atoms with Crippen LogP contribution in [-0.4, -0.2) is 31.7 Å². The first-order valence-electron chi connectivity index (χ1n) is 8.21.